The Morgan fingerprint density at radius 3 is 2.15 bits per heavy atom. The third-order valence-corrected chi connectivity index (χ3v) is 3.54. The Labute approximate surface area is 155 Å². The molecular formula is C19H30N2O5. The summed E-state index contributed by atoms with van der Waals surface area (Å²) in [5, 5.41) is 2.79. The van der Waals surface area contributed by atoms with Gasteiger partial charge >= 0.3 is 5.97 Å². The molecule has 0 bridgehead atoms. The van der Waals surface area contributed by atoms with Crippen molar-refractivity contribution >= 4 is 11.9 Å². The van der Waals surface area contributed by atoms with Crippen LogP contribution in [0.4, 0.5) is 0 Å². The first-order valence-corrected chi connectivity index (χ1v) is 8.98. The third-order valence-electron chi connectivity index (χ3n) is 3.54. The number of hydrogen-bond acceptors (Lipinski definition) is 6. The molecule has 26 heavy (non-hydrogen) atoms. The number of rotatable bonds is 12. The topological polar surface area (TPSA) is 77.1 Å². The van der Waals surface area contributed by atoms with E-state index in [2.05, 4.69) is 5.32 Å². The molecule has 0 atom stereocenters. The molecule has 0 radical (unpaired) electrons. The molecule has 0 aliphatic heterocycles. The summed E-state index contributed by atoms with van der Waals surface area (Å²) in [6, 6.07) is 7.39. The highest BCUT2D eigenvalue weighted by Crippen LogP contribution is 2.17. The van der Waals surface area contributed by atoms with Gasteiger partial charge in [0.1, 0.15) is 18.1 Å². The van der Waals surface area contributed by atoms with Crippen molar-refractivity contribution in [1.29, 1.82) is 0 Å². The summed E-state index contributed by atoms with van der Waals surface area (Å²) >= 11 is 0. The molecule has 1 amide bonds. The van der Waals surface area contributed by atoms with Crippen molar-refractivity contribution in [3.8, 4) is 11.5 Å². The number of nitrogens with zero attached hydrogens (tertiary/aromatic N) is 1. The van der Waals surface area contributed by atoms with E-state index in [1.165, 1.54) is 0 Å². The average molecular weight is 366 g/mol. The van der Waals surface area contributed by atoms with Crippen molar-refractivity contribution in [2.45, 2.75) is 33.7 Å². The number of benzene rings is 1. The lowest BCUT2D eigenvalue weighted by atomic mass is 10.3. The van der Waals surface area contributed by atoms with E-state index in [-0.39, 0.29) is 31.0 Å². The third kappa shape index (κ3) is 8.71. The molecular weight excluding hydrogens is 336 g/mol. The Hall–Kier alpha value is -2.28. The van der Waals surface area contributed by atoms with Gasteiger partial charge < -0.3 is 19.5 Å². The molecule has 146 valence electrons. The monoisotopic (exact) mass is 366 g/mol. The molecule has 0 aliphatic carbocycles. The molecule has 1 aromatic rings. The molecule has 0 unspecified atom stereocenters. The summed E-state index contributed by atoms with van der Waals surface area (Å²) in [5.41, 5.74) is 0. The molecule has 7 nitrogen and oxygen atoms in total. The van der Waals surface area contributed by atoms with Gasteiger partial charge in [-0.05, 0) is 52.0 Å². The summed E-state index contributed by atoms with van der Waals surface area (Å²) in [5.74, 6) is 1.03. The summed E-state index contributed by atoms with van der Waals surface area (Å²) in [4.78, 5) is 25.4. The SMILES string of the molecule is CCOC(=O)CN(CC(=O)NCCOc1ccc(OCC)cc1)C(C)C. The second-order valence-corrected chi connectivity index (χ2v) is 5.91. The average Bonchev–Trinajstić information content (AvgIpc) is 2.60. The Balaban J connectivity index is 2.30. The highest BCUT2D eigenvalue weighted by molar-refractivity contribution is 5.79. The lowest BCUT2D eigenvalue weighted by Gasteiger charge is -2.24. The lowest BCUT2D eigenvalue weighted by molar-refractivity contribution is -0.145. The van der Waals surface area contributed by atoms with Crippen molar-refractivity contribution in [1.82, 2.24) is 10.2 Å². The van der Waals surface area contributed by atoms with Gasteiger partial charge in [-0.25, -0.2) is 0 Å². The zero-order valence-electron chi connectivity index (χ0n) is 16.1. The molecule has 1 aromatic carbocycles. The largest absolute Gasteiger partial charge is 0.494 e. The Kier molecular flexibility index (Phi) is 10.2. The number of carbonyl (C=O) groups excluding carboxylic acids is 2. The van der Waals surface area contributed by atoms with E-state index in [1.54, 1.807) is 11.8 Å². The van der Waals surface area contributed by atoms with Crippen LogP contribution < -0.4 is 14.8 Å². The molecule has 1 N–H and O–H groups in total. The molecule has 0 saturated carbocycles. The number of ether oxygens (including phenoxy) is 3. The number of nitrogens with one attached hydrogen (secondary N) is 1. The van der Waals surface area contributed by atoms with Gasteiger partial charge in [0.25, 0.3) is 0 Å². The van der Waals surface area contributed by atoms with E-state index < -0.39 is 0 Å². The number of hydrogen-bond donors (Lipinski definition) is 1. The second kappa shape index (κ2) is 12.1. The van der Waals surface area contributed by atoms with Crippen molar-refractivity contribution in [3.63, 3.8) is 0 Å². The van der Waals surface area contributed by atoms with Crippen LogP contribution in [0.3, 0.4) is 0 Å². The molecule has 0 saturated heterocycles. The van der Waals surface area contributed by atoms with E-state index in [0.717, 1.165) is 5.75 Å². The van der Waals surface area contributed by atoms with Crippen LogP contribution in [-0.2, 0) is 14.3 Å². The van der Waals surface area contributed by atoms with Crippen LogP contribution in [0.5, 0.6) is 11.5 Å². The van der Waals surface area contributed by atoms with Gasteiger partial charge in [0.2, 0.25) is 5.91 Å². The van der Waals surface area contributed by atoms with Crippen molar-refractivity contribution < 1.29 is 23.8 Å². The number of esters is 1. The smallest absolute Gasteiger partial charge is 0.320 e. The van der Waals surface area contributed by atoms with Crippen molar-refractivity contribution in [3.05, 3.63) is 24.3 Å². The molecule has 0 fully saturated rings. The van der Waals surface area contributed by atoms with Crippen LogP contribution in [0.25, 0.3) is 0 Å². The summed E-state index contributed by atoms with van der Waals surface area (Å²) in [6.07, 6.45) is 0. The van der Waals surface area contributed by atoms with Gasteiger partial charge in [0.15, 0.2) is 0 Å². The predicted octanol–water partition coefficient (Wildman–Crippen LogP) is 1.85. The standard InChI is InChI=1S/C19H30N2O5/c1-5-24-16-7-9-17(10-8-16)26-12-11-20-18(22)13-21(15(3)4)14-19(23)25-6-2/h7-10,15H,5-6,11-14H2,1-4H3,(H,20,22). The normalized spacial score (nSPS) is 10.7. The number of carbonyl (C=O) groups is 2. The van der Waals surface area contributed by atoms with Crippen molar-refractivity contribution in [2.75, 3.05) is 39.5 Å². The molecule has 0 aromatic heterocycles. The Bertz CT molecular complexity index is 545. The lowest BCUT2D eigenvalue weighted by Crippen LogP contribution is -2.44. The van der Waals surface area contributed by atoms with Gasteiger partial charge in [-0.15, -0.1) is 0 Å². The van der Waals surface area contributed by atoms with Gasteiger partial charge in [-0.2, -0.15) is 0 Å². The molecule has 0 aliphatic rings. The second-order valence-electron chi connectivity index (χ2n) is 5.91. The maximum absolute atomic E-state index is 12.0. The predicted molar refractivity (Wildman–Crippen MR) is 99.5 cm³/mol. The first-order chi connectivity index (χ1) is 12.5. The number of amides is 1. The Morgan fingerprint density at radius 1 is 1.00 bits per heavy atom. The maximum atomic E-state index is 12.0. The van der Waals surface area contributed by atoms with Crippen LogP contribution in [0, 0.1) is 0 Å². The van der Waals surface area contributed by atoms with Gasteiger partial charge in [0.05, 0.1) is 32.8 Å². The fourth-order valence-electron chi connectivity index (χ4n) is 2.19. The van der Waals surface area contributed by atoms with E-state index in [4.69, 9.17) is 14.2 Å². The fraction of sp³-hybridized carbons (Fsp3) is 0.579. The van der Waals surface area contributed by atoms with Crippen LogP contribution in [0.1, 0.15) is 27.7 Å². The van der Waals surface area contributed by atoms with Gasteiger partial charge in [-0.1, -0.05) is 0 Å². The van der Waals surface area contributed by atoms with Crippen LogP contribution in [0.15, 0.2) is 24.3 Å². The van der Waals surface area contributed by atoms with Crippen LogP contribution in [0.2, 0.25) is 0 Å². The molecule has 7 heteroatoms. The molecule has 0 spiro atoms. The van der Waals surface area contributed by atoms with Crippen LogP contribution >= 0.6 is 0 Å². The van der Waals surface area contributed by atoms with E-state index in [0.29, 0.717) is 32.1 Å². The van der Waals surface area contributed by atoms with Gasteiger partial charge in [0, 0.05) is 6.04 Å². The quantitative estimate of drug-likeness (QED) is 0.449. The summed E-state index contributed by atoms with van der Waals surface area (Å²) in [7, 11) is 0. The van der Waals surface area contributed by atoms with E-state index in [1.807, 2.05) is 45.0 Å². The highest BCUT2D eigenvalue weighted by atomic mass is 16.5. The summed E-state index contributed by atoms with van der Waals surface area (Å²) < 4.78 is 15.9. The highest BCUT2D eigenvalue weighted by Gasteiger charge is 2.17. The van der Waals surface area contributed by atoms with Crippen LogP contribution in [-0.4, -0.2) is 62.3 Å². The van der Waals surface area contributed by atoms with Gasteiger partial charge in [-0.3, -0.25) is 14.5 Å². The van der Waals surface area contributed by atoms with E-state index in [9.17, 15) is 9.59 Å². The Morgan fingerprint density at radius 2 is 1.62 bits per heavy atom. The minimum Gasteiger partial charge on any atom is -0.494 e. The zero-order valence-corrected chi connectivity index (χ0v) is 16.1. The minimum absolute atomic E-state index is 0.0604. The van der Waals surface area contributed by atoms with Crippen molar-refractivity contribution in [2.24, 2.45) is 0 Å². The maximum Gasteiger partial charge on any atom is 0.320 e. The molecule has 0 heterocycles. The van der Waals surface area contributed by atoms with E-state index >= 15 is 0 Å². The first kappa shape index (κ1) is 21.8. The summed E-state index contributed by atoms with van der Waals surface area (Å²) in [6.45, 7) is 9.49. The fourth-order valence-corrected chi connectivity index (χ4v) is 2.19. The zero-order chi connectivity index (χ0) is 19.4. The minimum atomic E-state index is -0.326. The first-order valence-electron chi connectivity index (χ1n) is 8.98. The molecule has 1 rings (SSSR count).